The molecule has 3 heterocycles. The van der Waals surface area contributed by atoms with Crippen LogP contribution >= 0.6 is 11.6 Å². The third kappa shape index (κ3) is 6.67. The Morgan fingerprint density at radius 2 is 1.97 bits per heavy atom. The molecule has 1 N–H and O–H groups in total. The molecule has 2 aliphatic heterocycles. The average molecular weight is 505 g/mol. The number of nitrogens with zero attached hydrogens (tertiary/aromatic N) is 3. The molecular formula is C25H33ClN4O5. The van der Waals surface area contributed by atoms with Crippen molar-refractivity contribution in [2.24, 2.45) is 5.92 Å². The predicted octanol–water partition coefficient (Wildman–Crippen LogP) is 4.11. The second-order valence-corrected chi connectivity index (χ2v) is 9.66. The van der Waals surface area contributed by atoms with Crippen LogP contribution in [-0.2, 0) is 9.47 Å². The molecule has 2 saturated heterocycles. The van der Waals surface area contributed by atoms with Gasteiger partial charge in [0.25, 0.3) is 5.56 Å². The molecule has 2 fully saturated rings. The summed E-state index contributed by atoms with van der Waals surface area (Å²) in [5.74, 6) is 1.10. The normalized spacial score (nSPS) is 19.0. The van der Waals surface area contributed by atoms with Gasteiger partial charge in [0.15, 0.2) is 0 Å². The van der Waals surface area contributed by atoms with Crippen molar-refractivity contribution >= 4 is 23.4 Å². The highest BCUT2D eigenvalue weighted by molar-refractivity contribution is 6.32. The predicted molar refractivity (Wildman–Crippen MR) is 134 cm³/mol. The van der Waals surface area contributed by atoms with Crippen LogP contribution in [0.3, 0.4) is 0 Å². The number of nitrogens with one attached hydrogen (secondary N) is 1. The second kappa shape index (κ2) is 11.8. The zero-order valence-electron chi connectivity index (χ0n) is 20.2. The van der Waals surface area contributed by atoms with E-state index in [1.807, 2.05) is 26.0 Å². The number of halogens is 1. The largest absolute Gasteiger partial charge is 0.490 e. The van der Waals surface area contributed by atoms with E-state index in [1.165, 1.54) is 4.68 Å². The SMILES string of the molecule is CC(C)OC(=O)N1CCC(Oc2ccc(-n3ncc(NC[C@@H]4CCCOC4)c(Cl)c3=O)cc2)CC1. The van der Waals surface area contributed by atoms with Crippen molar-refractivity contribution in [3.8, 4) is 11.4 Å². The molecule has 9 nitrogen and oxygen atoms in total. The molecule has 4 rings (SSSR count). The minimum atomic E-state index is -0.383. The van der Waals surface area contributed by atoms with E-state index in [9.17, 15) is 9.59 Å². The van der Waals surface area contributed by atoms with E-state index in [2.05, 4.69) is 10.4 Å². The quantitative estimate of drug-likeness (QED) is 0.606. The van der Waals surface area contributed by atoms with Gasteiger partial charge in [-0.3, -0.25) is 4.79 Å². The fraction of sp³-hybridized carbons (Fsp3) is 0.560. The van der Waals surface area contributed by atoms with Gasteiger partial charge in [-0.05, 0) is 56.9 Å². The fourth-order valence-electron chi connectivity index (χ4n) is 4.25. The lowest BCUT2D eigenvalue weighted by Crippen LogP contribution is -2.42. The van der Waals surface area contributed by atoms with Crippen LogP contribution in [-0.4, -0.2) is 65.8 Å². The van der Waals surface area contributed by atoms with E-state index in [0.29, 0.717) is 49.3 Å². The second-order valence-electron chi connectivity index (χ2n) is 9.28. The van der Waals surface area contributed by atoms with Crippen LogP contribution in [0.25, 0.3) is 5.69 Å². The third-order valence-corrected chi connectivity index (χ3v) is 6.54. The Bertz CT molecular complexity index is 1040. The molecule has 0 unspecified atom stereocenters. The smallest absolute Gasteiger partial charge is 0.410 e. The van der Waals surface area contributed by atoms with Gasteiger partial charge in [0.1, 0.15) is 16.9 Å². The number of ether oxygens (including phenoxy) is 3. The number of piperidine rings is 1. The summed E-state index contributed by atoms with van der Waals surface area (Å²) in [7, 11) is 0. The van der Waals surface area contributed by atoms with Crippen molar-refractivity contribution in [2.75, 3.05) is 38.2 Å². The highest BCUT2D eigenvalue weighted by Crippen LogP contribution is 2.23. The Morgan fingerprint density at radius 1 is 1.23 bits per heavy atom. The molecule has 2 aromatic rings. The summed E-state index contributed by atoms with van der Waals surface area (Å²) in [6, 6.07) is 7.18. The lowest BCUT2D eigenvalue weighted by Gasteiger charge is -2.32. The molecule has 2 aliphatic rings. The van der Waals surface area contributed by atoms with E-state index < -0.39 is 0 Å². The minimum absolute atomic E-state index is 0.0131. The molecule has 10 heteroatoms. The summed E-state index contributed by atoms with van der Waals surface area (Å²) in [6.45, 7) is 7.10. The molecular weight excluding hydrogens is 472 g/mol. The molecule has 1 amide bonds. The first-order chi connectivity index (χ1) is 16.9. The number of amides is 1. The number of benzene rings is 1. The number of carbonyl (C=O) groups is 1. The van der Waals surface area contributed by atoms with Gasteiger partial charge < -0.3 is 24.4 Å². The maximum Gasteiger partial charge on any atom is 0.410 e. The van der Waals surface area contributed by atoms with Crippen molar-refractivity contribution in [1.82, 2.24) is 14.7 Å². The zero-order valence-corrected chi connectivity index (χ0v) is 21.0. The van der Waals surface area contributed by atoms with Crippen LogP contribution in [0.5, 0.6) is 5.75 Å². The molecule has 0 bridgehead atoms. The highest BCUT2D eigenvalue weighted by atomic mass is 35.5. The van der Waals surface area contributed by atoms with Crippen LogP contribution in [0.15, 0.2) is 35.3 Å². The number of anilines is 1. The summed E-state index contributed by atoms with van der Waals surface area (Å²) in [4.78, 5) is 26.6. The van der Waals surface area contributed by atoms with Gasteiger partial charge >= 0.3 is 6.09 Å². The Labute approximate surface area is 210 Å². The number of hydrogen-bond donors (Lipinski definition) is 1. The Balaban J connectivity index is 1.32. The van der Waals surface area contributed by atoms with E-state index in [1.54, 1.807) is 23.2 Å². The molecule has 0 spiro atoms. The van der Waals surface area contributed by atoms with Gasteiger partial charge in [0.05, 0.1) is 30.3 Å². The number of aromatic nitrogens is 2. The number of carbonyl (C=O) groups excluding carboxylic acids is 1. The topological polar surface area (TPSA) is 94.9 Å². The summed E-state index contributed by atoms with van der Waals surface area (Å²) in [6.07, 6.45) is 4.79. The Kier molecular flexibility index (Phi) is 8.51. The first-order valence-electron chi connectivity index (χ1n) is 12.2. The van der Waals surface area contributed by atoms with Crippen molar-refractivity contribution in [3.63, 3.8) is 0 Å². The number of rotatable bonds is 7. The molecule has 1 atom stereocenters. The number of likely N-dealkylation sites (tertiary alicyclic amines) is 1. The molecule has 190 valence electrons. The van der Waals surface area contributed by atoms with E-state index >= 15 is 0 Å². The molecule has 1 aromatic carbocycles. The molecule has 0 aliphatic carbocycles. The maximum atomic E-state index is 12.8. The first kappa shape index (κ1) is 25.3. The minimum Gasteiger partial charge on any atom is -0.490 e. The van der Waals surface area contributed by atoms with Gasteiger partial charge in [-0.15, -0.1) is 0 Å². The zero-order chi connectivity index (χ0) is 24.8. The summed E-state index contributed by atoms with van der Waals surface area (Å²) in [5.41, 5.74) is 0.746. The number of hydrogen-bond acceptors (Lipinski definition) is 7. The van der Waals surface area contributed by atoms with Crippen LogP contribution in [0.1, 0.15) is 39.5 Å². The van der Waals surface area contributed by atoms with Gasteiger partial charge in [-0.2, -0.15) is 9.78 Å². The molecule has 0 radical (unpaired) electrons. The monoisotopic (exact) mass is 504 g/mol. The fourth-order valence-corrected chi connectivity index (χ4v) is 4.45. The highest BCUT2D eigenvalue weighted by Gasteiger charge is 2.25. The van der Waals surface area contributed by atoms with E-state index in [0.717, 1.165) is 32.3 Å². The van der Waals surface area contributed by atoms with Crippen molar-refractivity contribution in [3.05, 3.63) is 45.8 Å². The van der Waals surface area contributed by atoms with Gasteiger partial charge in [0, 0.05) is 39.1 Å². The lowest BCUT2D eigenvalue weighted by molar-refractivity contribution is 0.0517. The Morgan fingerprint density at radius 3 is 2.63 bits per heavy atom. The standard InChI is InChI=1S/C25H33ClN4O5/c1-17(2)34-25(32)29-11-9-21(10-12-29)35-20-7-5-19(6-8-20)30-24(31)23(26)22(15-28-30)27-14-18-4-3-13-33-16-18/h5-8,15,17-18,21,27H,3-4,9-14,16H2,1-2H3/t18-/m0/s1. The van der Waals surface area contributed by atoms with Crippen LogP contribution < -0.4 is 15.6 Å². The third-order valence-electron chi connectivity index (χ3n) is 6.18. The van der Waals surface area contributed by atoms with Gasteiger partial charge in [0.2, 0.25) is 0 Å². The van der Waals surface area contributed by atoms with Crippen LogP contribution in [0.4, 0.5) is 10.5 Å². The van der Waals surface area contributed by atoms with E-state index in [4.69, 9.17) is 25.8 Å². The molecule has 0 saturated carbocycles. The lowest BCUT2D eigenvalue weighted by atomic mass is 10.0. The van der Waals surface area contributed by atoms with Crippen LogP contribution in [0.2, 0.25) is 5.02 Å². The average Bonchev–Trinajstić information content (AvgIpc) is 2.86. The van der Waals surface area contributed by atoms with Gasteiger partial charge in [-0.25, -0.2) is 4.79 Å². The molecule has 35 heavy (non-hydrogen) atoms. The van der Waals surface area contributed by atoms with Crippen molar-refractivity contribution < 1.29 is 19.0 Å². The summed E-state index contributed by atoms with van der Waals surface area (Å²) >= 11 is 6.36. The first-order valence-corrected chi connectivity index (χ1v) is 12.6. The van der Waals surface area contributed by atoms with Crippen molar-refractivity contribution in [1.29, 1.82) is 0 Å². The summed E-state index contributed by atoms with van der Waals surface area (Å²) < 4.78 is 18.1. The van der Waals surface area contributed by atoms with Crippen LogP contribution in [0, 0.1) is 5.92 Å². The maximum absolute atomic E-state index is 12.8. The van der Waals surface area contributed by atoms with Gasteiger partial charge in [-0.1, -0.05) is 11.6 Å². The van der Waals surface area contributed by atoms with Crippen molar-refractivity contribution in [2.45, 2.75) is 51.7 Å². The van der Waals surface area contributed by atoms with E-state index in [-0.39, 0.29) is 28.9 Å². The Hall–Kier alpha value is -2.78. The summed E-state index contributed by atoms with van der Waals surface area (Å²) in [5, 5.41) is 7.65. The molecule has 1 aromatic heterocycles.